The smallest absolute Gasteiger partial charge is 0.0118 e. The molecule has 0 N–H and O–H groups in total. The Labute approximate surface area is 97.4 Å². The molecule has 0 saturated heterocycles. The maximum Gasteiger partial charge on any atom is 0.0118 e. The predicted molar refractivity (Wildman–Crippen MR) is 76.6 cm³/mol. The van der Waals surface area contributed by atoms with Gasteiger partial charge >= 0.3 is 0 Å². The standard InChI is InChI=1S/C3H8S8/c1-2-3-11(5,6)10-9-8-7-4/h4H,2-3H2,1H3. The normalized spacial score (nSPS) is 11.8. The van der Waals surface area contributed by atoms with E-state index in [1.807, 2.05) is 0 Å². The number of hydrogen-bond acceptors (Lipinski definition) is 7. The summed E-state index contributed by atoms with van der Waals surface area (Å²) in [5.41, 5.74) is 0. The van der Waals surface area contributed by atoms with Crippen molar-refractivity contribution in [2.45, 2.75) is 13.3 Å². The van der Waals surface area contributed by atoms with Crippen LogP contribution in [0.4, 0.5) is 0 Å². The molecule has 8 heteroatoms. The van der Waals surface area contributed by atoms with E-state index in [4.69, 9.17) is 22.4 Å². The van der Waals surface area contributed by atoms with Crippen LogP contribution in [0.25, 0.3) is 0 Å². The molecule has 0 fully saturated rings. The van der Waals surface area contributed by atoms with Crippen molar-refractivity contribution in [3.63, 3.8) is 0 Å². The van der Waals surface area contributed by atoms with Crippen LogP contribution in [0.1, 0.15) is 13.3 Å². The first kappa shape index (κ1) is 13.5. The zero-order valence-electron chi connectivity index (χ0n) is 5.72. The molecule has 0 bridgehead atoms. The summed E-state index contributed by atoms with van der Waals surface area (Å²) in [6.45, 7) is 2.12. The van der Waals surface area contributed by atoms with Crippen molar-refractivity contribution in [1.82, 2.24) is 0 Å². The molecular weight excluding hydrogens is 293 g/mol. The Bertz CT molecular complexity index is 168. The molecular formula is C3H8S8. The van der Waals surface area contributed by atoms with E-state index in [0.29, 0.717) is 0 Å². The minimum Gasteiger partial charge on any atom is -0.0988 e. The Morgan fingerprint density at radius 1 is 1.36 bits per heavy atom. The molecule has 0 rings (SSSR count). The SMILES string of the molecule is CCCS(=S)(=S)SSSSS. The number of hydrogen-bond donors (Lipinski definition) is 1. The molecule has 0 amide bonds. The average molecular weight is 301 g/mol. The summed E-state index contributed by atoms with van der Waals surface area (Å²) in [5, 5.41) is 0. The van der Waals surface area contributed by atoms with Gasteiger partial charge in [0.05, 0.1) is 0 Å². The molecule has 0 heterocycles. The quantitative estimate of drug-likeness (QED) is 0.445. The van der Waals surface area contributed by atoms with E-state index < -0.39 is 6.18 Å². The second-order valence-electron chi connectivity index (χ2n) is 1.54. The fraction of sp³-hybridized carbons (Fsp3) is 1.00. The highest BCUT2D eigenvalue weighted by atomic mass is 33.9. The average Bonchev–Trinajstić information content (AvgIpc) is 1.87. The molecule has 11 heavy (non-hydrogen) atoms. The second kappa shape index (κ2) is 7.90. The fourth-order valence-corrected chi connectivity index (χ4v) is 16.0. The van der Waals surface area contributed by atoms with Crippen LogP contribution in [-0.2, 0) is 28.6 Å². The Hall–Kier alpha value is 2.54. The molecule has 0 aromatic carbocycles. The van der Waals surface area contributed by atoms with Gasteiger partial charge < -0.3 is 0 Å². The first-order valence-electron chi connectivity index (χ1n) is 2.68. The van der Waals surface area contributed by atoms with E-state index in [9.17, 15) is 0 Å². The van der Waals surface area contributed by atoms with Gasteiger partial charge in [-0.3, -0.25) is 0 Å². The molecule has 0 nitrogen and oxygen atoms in total. The van der Waals surface area contributed by atoms with Crippen LogP contribution in [0.15, 0.2) is 0 Å². The largest absolute Gasteiger partial charge is 0.0988 e. The second-order valence-corrected chi connectivity index (χ2v) is 17.3. The van der Waals surface area contributed by atoms with E-state index in [1.54, 1.807) is 29.5 Å². The summed E-state index contributed by atoms with van der Waals surface area (Å²) in [4.78, 5) is 0. The lowest BCUT2D eigenvalue weighted by molar-refractivity contribution is 1.11. The van der Waals surface area contributed by atoms with Gasteiger partial charge in [-0.25, -0.2) is 0 Å². The van der Waals surface area contributed by atoms with Gasteiger partial charge in [-0.1, -0.05) is 18.6 Å². The molecule has 0 aliphatic carbocycles. The Morgan fingerprint density at radius 2 is 2.00 bits per heavy atom. The fourth-order valence-electron chi connectivity index (χ4n) is 0.350. The molecule has 0 unspecified atom stereocenters. The first-order valence-corrected chi connectivity index (χ1v) is 12.7. The van der Waals surface area contributed by atoms with Crippen LogP contribution in [0, 0.1) is 0 Å². The molecule has 0 aliphatic heterocycles. The summed E-state index contributed by atoms with van der Waals surface area (Å²) in [5.74, 6) is 0.993. The summed E-state index contributed by atoms with van der Waals surface area (Å²) in [6, 6.07) is 0. The van der Waals surface area contributed by atoms with Gasteiger partial charge in [-0.15, -0.1) is 0 Å². The monoisotopic (exact) mass is 300 g/mol. The maximum absolute atomic E-state index is 5.25. The zero-order chi connectivity index (χ0) is 8.74. The van der Waals surface area contributed by atoms with Gasteiger partial charge in [0.25, 0.3) is 0 Å². The molecule has 0 aliphatic rings. The Morgan fingerprint density at radius 3 is 2.45 bits per heavy atom. The molecule has 0 aromatic heterocycles. The van der Waals surface area contributed by atoms with Crippen molar-refractivity contribution in [1.29, 1.82) is 0 Å². The number of thiol groups is 1. The van der Waals surface area contributed by atoms with Crippen molar-refractivity contribution < 1.29 is 0 Å². The molecule has 0 aromatic rings. The van der Waals surface area contributed by atoms with E-state index in [1.165, 1.54) is 9.83 Å². The van der Waals surface area contributed by atoms with E-state index in [-0.39, 0.29) is 0 Å². The molecule has 0 spiro atoms. The minimum atomic E-state index is -1.23. The first-order chi connectivity index (χ1) is 5.12. The lowest BCUT2D eigenvalue weighted by atomic mass is 10.6. The van der Waals surface area contributed by atoms with E-state index in [2.05, 4.69) is 18.6 Å². The van der Waals surface area contributed by atoms with Gasteiger partial charge in [0.2, 0.25) is 0 Å². The van der Waals surface area contributed by atoms with Gasteiger partial charge in [0, 0.05) is 5.75 Å². The van der Waals surface area contributed by atoms with E-state index in [0.717, 1.165) is 12.2 Å². The highest BCUT2D eigenvalue weighted by Crippen LogP contribution is 2.47. The third kappa shape index (κ3) is 8.86. The molecule has 0 saturated carbocycles. The van der Waals surface area contributed by atoms with Crippen LogP contribution < -0.4 is 0 Å². The third-order valence-corrected chi connectivity index (χ3v) is 15.6. The van der Waals surface area contributed by atoms with Crippen molar-refractivity contribution in [2.75, 3.05) is 5.75 Å². The van der Waals surface area contributed by atoms with Crippen LogP contribution in [-0.4, -0.2) is 5.75 Å². The molecule has 0 atom stereocenters. The lowest BCUT2D eigenvalue weighted by Crippen LogP contribution is -1.92. The van der Waals surface area contributed by atoms with Crippen molar-refractivity contribution in [2.24, 2.45) is 0 Å². The molecule has 68 valence electrons. The highest BCUT2D eigenvalue weighted by Gasteiger charge is 2.01. The van der Waals surface area contributed by atoms with Gasteiger partial charge in [-0.05, 0) is 74.3 Å². The lowest BCUT2D eigenvalue weighted by Gasteiger charge is -2.04. The van der Waals surface area contributed by atoms with Gasteiger partial charge in [-0.2, -0.15) is 0 Å². The highest BCUT2D eigenvalue weighted by molar-refractivity contribution is 9.43. The summed E-state index contributed by atoms with van der Waals surface area (Å²) >= 11 is 14.5. The van der Waals surface area contributed by atoms with Crippen molar-refractivity contribution in [3.05, 3.63) is 0 Å². The third-order valence-electron chi connectivity index (χ3n) is 0.644. The summed E-state index contributed by atoms with van der Waals surface area (Å²) in [6.07, 6.45) is -0.134. The zero-order valence-corrected chi connectivity index (χ0v) is 12.3. The van der Waals surface area contributed by atoms with Crippen LogP contribution in [0.5, 0.6) is 0 Å². The van der Waals surface area contributed by atoms with Gasteiger partial charge in [0.1, 0.15) is 0 Å². The number of rotatable bonds is 6. The van der Waals surface area contributed by atoms with Crippen molar-refractivity contribution >= 4 is 79.5 Å². The predicted octanol–water partition coefficient (Wildman–Crippen LogP) is 3.91. The van der Waals surface area contributed by atoms with Gasteiger partial charge in [0.15, 0.2) is 0 Å². The van der Waals surface area contributed by atoms with Crippen LogP contribution in [0.3, 0.4) is 0 Å². The Balaban J connectivity index is 3.56. The topological polar surface area (TPSA) is 0 Å². The molecule has 0 radical (unpaired) electrons. The van der Waals surface area contributed by atoms with Crippen LogP contribution >= 0.6 is 51.0 Å². The maximum atomic E-state index is 5.25. The summed E-state index contributed by atoms with van der Waals surface area (Å²) in [7, 11) is 6.34. The van der Waals surface area contributed by atoms with Crippen molar-refractivity contribution in [3.8, 4) is 0 Å². The van der Waals surface area contributed by atoms with E-state index >= 15 is 0 Å². The Kier molecular flexibility index (Phi) is 9.72. The summed E-state index contributed by atoms with van der Waals surface area (Å²) < 4.78 is 0. The van der Waals surface area contributed by atoms with Crippen LogP contribution in [0.2, 0.25) is 0 Å². The minimum absolute atomic E-state index is 0.993.